The van der Waals surface area contributed by atoms with Gasteiger partial charge in [-0.05, 0) is 12.5 Å². The minimum Gasteiger partial charge on any atom is -0.389 e. The first-order valence-electron chi connectivity index (χ1n) is 4.93. The highest BCUT2D eigenvalue weighted by Gasteiger charge is 2.17. The van der Waals surface area contributed by atoms with Crippen LogP contribution in [0.15, 0.2) is 12.1 Å². The zero-order valence-corrected chi connectivity index (χ0v) is 9.75. The van der Waals surface area contributed by atoms with E-state index >= 15 is 0 Å². The van der Waals surface area contributed by atoms with Gasteiger partial charge in [-0.2, -0.15) is 0 Å². The van der Waals surface area contributed by atoms with E-state index in [4.69, 9.17) is 5.73 Å². The molecule has 0 unspecified atom stereocenters. The van der Waals surface area contributed by atoms with E-state index in [2.05, 4.69) is 4.98 Å². The fraction of sp³-hybridized carbons (Fsp3) is 0.182. The minimum atomic E-state index is -1.23. The molecule has 0 fully saturated rings. The van der Waals surface area contributed by atoms with Gasteiger partial charge in [0.2, 0.25) is 0 Å². The molecule has 0 aliphatic carbocycles. The largest absolute Gasteiger partial charge is 0.389 e. The summed E-state index contributed by atoms with van der Waals surface area (Å²) in [5, 5.41) is 1.02. The lowest BCUT2D eigenvalue weighted by Crippen LogP contribution is -1.94. The first kappa shape index (κ1) is 11.9. The van der Waals surface area contributed by atoms with E-state index in [1.165, 1.54) is 11.3 Å². The Labute approximate surface area is 99.9 Å². The quantitative estimate of drug-likeness (QED) is 0.839. The van der Waals surface area contributed by atoms with Gasteiger partial charge in [0, 0.05) is 11.6 Å². The summed E-state index contributed by atoms with van der Waals surface area (Å²) >= 11 is 1.21. The molecule has 2 nitrogen and oxygen atoms in total. The van der Waals surface area contributed by atoms with Crippen molar-refractivity contribution in [3.05, 3.63) is 34.6 Å². The maximum absolute atomic E-state index is 13.5. The maximum Gasteiger partial charge on any atom is 0.161 e. The summed E-state index contributed by atoms with van der Waals surface area (Å²) < 4.78 is 39.4. The van der Waals surface area contributed by atoms with Gasteiger partial charge in [0.1, 0.15) is 16.5 Å². The molecule has 6 heteroatoms. The lowest BCUT2D eigenvalue weighted by atomic mass is 10.1. The molecule has 0 aliphatic rings. The van der Waals surface area contributed by atoms with Crippen LogP contribution in [0.1, 0.15) is 11.9 Å². The van der Waals surface area contributed by atoms with E-state index in [0.717, 1.165) is 11.1 Å². The van der Waals surface area contributed by atoms with Crippen LogP contribution in [0, 0.1) is 17.5 Å². The molecular formula is C11H9F3N2S. The van der Waals surface area contributed by atoms with Crippen molar-refractivity contribution in [2.45, 2.75) is 13.3 Å². The SMILES string of the molecule is CCc1nc(-c2cc(F)c(F)cc2F)c(N)s1. The van der Waals surface area contributed by atoms with Gasteiger partial charge in [-0.15, -0.1) is 11.3 Å². The zero-order chi connectivity index (χ0) is 12.6. The third-order valence-electron chi connectivity index (χ3n) is 2.27. The van der Waals surface area contributed by atoms with Gasteiger partial charge in [0.05, 0.1) is 5.01 Å². The lowest BCUT2D eigenvalue weighted by molar-refractivity contribution is 0.496. The molecule has 1 aromatic heterocycles. The van der Waals surface area contributed by atoms with Crippen molar-refractivity contribution in [2.75, 3.05) is 5.73 Å². The Balaban J connectivity index is 2.59. The number of hydrogen-bond donors (Lipinski definition) is 1. The number of halogens is 3. The summed E-state index contributed by atoms with van der Waals surface area (Å²) in [5.74, 6) is -3.22. The number of nitrogens with zero attached hydrogens (tertiary/aromatic N) is 1. The predicted octanol–water partition coefficient (Wildman–Crippen LogP) is 3.37. The van der Waals surface area contributed by atoms with Crippen LogP contribution in [0.5, 0.6) is 0 Å². The minimum absolute atomic E-state index is 0.114. The van der Waals surface area contributed by atoms with Crippen molar-refractivity contribution in [1.82, 2.24) is 4.98 Å². The van der Waals surface area contributed by atoms with E-state index in [0.29, 0.717) is 17.5 Å². The topological polar surface area (TPSA) is 38.9 Å². The fourth-order valence-corrected chi connectivity index (χ4v) is 2.21. The van der Waals surface area contributed by atoms with Gasteiger partial charge in [0.25, 0.3) is 0 Å². The second kappa shape index (κ2) is 4.37. The third-order valence-corrected chi connectivity index (χ3v) is 3.29. The van der Waals surface area contributed by atoms with Crippen LogP contribution in [-0.2, 0) is 6.42 Å². The molecule has 0 spiro atoms. The van der Waals surface area contributed by atoms with Crippen LogP contribution in [-0.4, -0.2) is 4.98 Å². The standard InChI is InChI=1S/C11H9F3N2S/c1-2-9-16-10(11(15)17-9)5-3-7(13)8(14)4-6(5)12/h3-4H,2,15H2,1H3. The molecule has 2 N–H and O–H groups in total. The van der Waals surface area contributed by atoms with Gasteiger partial charge in [-0.25, -0.2) is 18.2 Å². The van der Waals surface area contributed by atoms with Gasteiger partial charge >= 0.3 is 0 Å². The summed E-state index contributed by atoms with van der Waals surface area (Å²) in [6.45, 7) is 1.88. The second-order valence-corrected chi connectivity index (χ2v) is 4.54. The molecule has 0 radical (unpaired) electrons. The van der Waals surface area contributed by atoms with E-state index in [-0.39, 0.29) is 11.3 Å². The van der Waals surface area contributed by atoms with Gasteiger partial charge in [-0.1, -0.05) is 6.92 Å². The maximum atomic E-state index is 13.5. The van der Waals surface area contributed by atoms with Crippen LogP contribution in [0.25, 0.3) is 11.3 Å². The molecule has 2 aromatic rings. The average Bonchev–Trinajstić information content (AvgIpc) is 2.65. The summed E-state index contributed by atoms with van der Waals surface area (Å²) in [5.41, 5.74) is 5.74. The molecule has 0 saturated carbocycles. The highest BCUT2D eigenvalue weighted by atomic mass is 32.1. The number of aromatic nitrogens is 1. The van der Waals surface area contributed by atoms with E-state index in [9.17, 15) is 13.2 Å². The molecule has 90 valence electrons. The molecule has 0 saturated heterocycles. The first-order valence-corrected chi connectivity index (χ1v) is 5.74. The number of aryl methyl sites for hydroxylation is 1. The number of benzene rings is 1. The van der Waals surface area contributed by atoms with Crippen molar-refractivity contribution in [3.8, 4) is 11.3 Å². The number of thiazole rings is 1. The van der Waals surface area contributed by atoms with Crippen LogP contribution >= 0.6 is 11.3 Å². The Morgan fingerprint density at radius 2 is 1.82 bits per heavy atom. The molecule has 0 aliphatic heterocycles. The number of nitrogens with two attached hydrogens (primary N) is 1. The Kier molecular flexibility index (Phi) is 3.06. The summed E-state index contributed by atoms with van der Waals surface area (Å²) in [6, 6.07) is 1.27. The van der Waals surface area contributed by atoms with Crippen LogP contribution in [0.4, 0.5) is 18.2 Å². The summed E-state index contributed by atoms with van der Waals surface area (Å²) in [6.07, 6.45) is 0.653. The highest BCUT2D eigenvalue weighted by molar-refractivity contribution is 7.16. The zero-order valence-electron chi connectivity index (χ0n) is 8.93. The molecule has 1 heterocycles. The molecule has 0 amide bonds. The lowest BCUT2D eigenvalue weighted by Gasteiger charge is -2.02. The Hall–Kier alpha value is -1.56. The van der Waals surface area contributed by atoms with Crippen molar-refractivity contribution in [2.24, 2.45) is 0 Å². The van der Waals surface area contributed by atoms with Crippen LogP contribution < -0.4 is 5.73 Å². The van der Waals surface area contributed by atoms with Crippen molar-refractivity contribution in [1.29, 1.82) is 0 Å². The van der Waals surface area contributed by atoms with E-state index < -0.39 is 17.5 Å². The Morgan fingerprint density at radius 3 is 2.41 bits per heavy atom. The van der Waals surface area contributed by atoms with Gasteiger partial charge in [-0.3, -0.25) is 0 Å². The van der Waals surface area contributed by atoms with E-state index in [1.54, 1.807) is 0 Å². The first-order chi connectivity index (χ1) is 8.02. The molecule has 0 bridgehead atoms. The monoisotopic (exact) mass is 258 g/mol. The normalized spacial score (nSPS) is 10.8. The second-order valence-electron chi connectivity index (χ2n) is 3.42. The Bertz CT molecular complexity index is 566. The van der Waals surface area contributed by atoms with Crippen LogP contribution in [0.2, 0.25) is 0 Å². The van der Waals surface area contributed by atoms with Crippen molar-refractivity contribution < 1.29 is 13.2 Å². The summed E-state index contributed by atoms with van der Waals surface area (Å²) in [4.78, 5) is 4.09. The number of hydrogen-bond acceptors (Lipinski definition) is 3. The average molecular weight is 258 g/mol. The van der Waals surface area contributed by atoms with Crippen LogP contribution in [0.3, 0.4) is 0 Å². The highest BCUT2D eigenvalue weighted by Crippen LogP contribution is 2.33. The molecular weight excluding hydrogens is 249 g/mol. The van der Waals surface area contributed by atoms with Crippen molar-refractivity contribution >= 4 is 16.3 Å². The van der Waals surface area contributed by atoms with E-state index in [1.807, 2.05) is 6.92 Å². The number of anilines is 1. The predicted molar refractivity (Wildman–Crippen MR) is 61.2 cm³/mol. The molecule has 1 aromatic carbocycles. The molecule has 0 atom stereocenters. The number of nitrogen functional groups attached to an aromatic ring is 1. The van der Waals surface area contributed by atoms with Gasteiger partial charge < -0.3 is 5.73 Å². The van der Waals surface area contributed by atoms with Gasteiger partial charge in [0.15, 0.2) is 11.6 Å². The Morgan fingerprint density at radius 1 is 1.18 bits per heavy atom. The third kappa shape index (κ3) is 2.12. The molecule has 17 heavy (non-hydrogen) atoms. The smallest absolute Gasteiger partial charge is 0.161 e. The fourth-order valence-electron chi connectivity index (χ4n) is 1.43. The summed E-state index contributed by atoms with van der Waals surface area (Å²) in [7, 11) is 0. The number of rotatable bonds is 2. The molecule has 2 rings (SSSR count). The van der Waals surface area contributed by atoms with Crippen molar-refractivity contribution in [3.63, 3.8) is 0 Å².